The van der Waals surface area contributed by atoms with Gasteiger partial charge in [-0.3, -0.25) is 0 Å². The minimum atomic E-state index is 0.291. The van der Waals surface area contributed by atoms with E-state index in [9.17, 15) is 0 Å². The van der Waals surface area contributed by atoms with Crippen LogP contribution in [-0.4, -0.2) is 23.8 Å². The van der Waals surface area contributed by atoms with E-state index in [1.54, 1.807) is 0 Å². The van der Waals surface area contributed by atoms with E-state index in [1.165, 1.54) is 12.1 Å². The van der Waals surface area contributed by atoms with Crippen LogP contribution in [0.1, 0.15) is 32.9 Å². The van der Waals surface area contributed by atoms with E-state index in [-0.39, 0.29) is 0 Å². The third kappa shape index (κ3) is 4.37. The van der Waals surface area contributed by atoms with E-state index in [0.29, 0.717) is 6.10 Å². The van der Waals surface area contributed by atoms with E-state index in [1.807, 2.05) is 6.92 Å². The fourth-order valence-electron chi connectivity index (χ4n) is 1.82. The molecule has 1 N–H and O–H groups in total. The third-order valence-corrected chi connectivity index (χ3v) is 2.58. The van der Waals surface area contributed by atoms with Crippen LogP contribution in [-0.2, 0) is 17.8 Å². The molecular formula is C13H24N2O. The molecule has 0 saturated carbocycles. The molecule has 1 unspecified atom stereocenters. The summed E-state index contributed by atoms with van der Waals surface area (Å²) in [6.45, 7) is 10.1. The number of aromatic nitrogens is 1. The summed E-state index contributed by atoms with van der Waals surface area (Å²) in [5.74, 6) is 0. The van der Waals surface area contributed by atoms with Gasteiger partial charge in [0, 0.05) is 38.1 Å². The van der Waals surface area contributed by atoms with Gasteiger partial charge in [0.1, 0.15) is 0 Å². The molecule has 3 heteroatoms. The summed E-state index contributed by atoms with van der Waals surface area (Å²) in [5.41, 5.74) is 1.35. The molecular weight excluding hydrogens is 200 g/mol. The van der Waals surface area contributed by atoms with Gasteiger partial charge in [0.2, 0.25) is 0 Å². The first-order valence-corrected chi connectivity index (χ1v) is 6.24. The summed E-state index contributed by atoms with van der Waals surface area (Å²) in [7, 11) is 0. The molecule has 0 aliphatic carbocycles. The highest BCUT2D eigenvalue weighted by Crippen LogP contribution is 2.03. The van der Waals surface area contributed by atoms with E-state index in [2.05, 4.69) is 42.1 Å². The number of ether oxygens (including phenoxy) is 1. The number of rotatable bonds is 8. The standard InChI is InChI=1S/C13H24N2O/c1-4-8-15-9-6-7-13(15)11-14-10-12(3)16-5-2/h6-7,9,12,14H,4-5,8,10-11H2,1-3H3. The maximum absolute atomic E-state index is 5.47. The first-order chi connectivity index (χ1) is 7.77. The predicted molar refractivity (Wildman–Crippen MR) is 67.5 cm³/mol. The number of nitrogens with zero attached hydrogens (tertiary/aromatic N) is 1. The Morgan fingerprint density at radius 3 is 2.94 bits per heavy atom. The molecule has 1 heterocycles. The van der Waals surface area contributed by atoms with E-state index in [4.69, 9.17) is 4.74 Å². The fraction of sp³-hybridized carbons (Fsp3) is 0.692. The second kappa shape index (κ2) is 7.47. The molecule has 0 saturated heterocycles. The monoisotopic (exact) mass is 224 g/mol. The van der Waals surface area contributed by atoms with Crippen molar-refractivity contribution in [3.8, 4) is 0 Å². The molecule has 1 aromatic rings. The van der Waals surface area contributed by atoms with Crippen LogP contribution < -0.4 is 5.32 Å². The van der Waals surface area contributed by atoms with Gasteiger partial charge >= 0.3 is 0 Å². The Hall–Kier alpha value is -0.800. The van der Waals surface area contributed by atoms with Crippen molar-refractivity contribution in [3.63, 3.8) is 0 Å². The Morgan fingerprint density at radius 1 is 1.44 bits per heavy atom. The second-order valence-electron chi connectivity index (χ2n) is 4.09. The zero-order chi connectivity index (χ0) is 11.8. The van der Waals surface area contributed by atoms with Crippen molar-refractivity contribution in [3.05, 3.63) is 24.0 Å². The molecule has 0 aromatic carbocycles. The minimum Gasteiger partial charge on any atom is -0.377 e. The van der Waals surface area contributed by atoms with E-state index >= 15 is 0 Å². The van der Waals surface area contributed by atoms with Crippen molar-refractivity contribution < 1.29 is 4.74 Å². The Balaban J connectivity index is 2.28. The quantitative estimate of drug-likeness (QED) is 0.734. The largest absolute Gasteiger partial charge is 0.377 e. The first-order valence-electron chi connectivity index (χ1n) is 6.24. The van der Waals surface area contributed by atoms with Crippen molar-refractivity contribution in [2.24, 2.45) is 0 Å². The molecule has 1 atom stereocenters. The molecule has 0 fully saturated rings. The van der Waals surface area contributed by atoms with E-state index in [0.717, 1.165) is 26.2 Å². The average molecular weight is 224 g/mol. The van der Waals surface area contributed by atoms with Gasteiger partial charge < -0.3 is 14.6 Å². The number of nitrogens with one attached hydrogen (secondary N) is 1. The summed E-state index contributed by atoms with van der Waals surface area (Å²) >= 11 is 0. The topological polar surface area (TPSA) is 26.2 Å². The lowest BCUT2D eigenvalue weighted by Gasteiger charge is -2.13. The number of hydrogen-bond donors (Lipinski definition) is 1. The maximum atomic E-state index is 5.47. The molecule has 0 amide bonds. The highest BCUT2D eigenvalue weighted by atomic mass is 16.5. The maximum Gasteiger partial charge on any atom is 0.0671 e. The summed E-state index contributed by atoms with van der Waals surface area (Å²) < 4.78 is 7.77. The van der Waals surface area contributed by atoms with Gasteiger partial charge in [-0.15, -0.1) is 0 Å². The molecule has 1 aromatic heterocycles. The van der Waals surface area contributed by atoms with Crippen LogP contribution in [0.5, 0.6) is 0 Å². The molecule has 0 bridgehead atoms. The molecule has 0 radical (unpaired) electrons. The smallest absolute Gasteiger partial charge is 0.0671 e. The molecule has 0 aliphatic rings. The van der Waals surface area contributed by atoms with Crippen LogP contribution in [0.15, 0.2) is 18.3 Å². The van der Waals surface area contributed by atoms with Crippen LogP contribution in [0.4, 0.5) is 0 Å². The Morgan fingerprint density at radius 2 is 2.25 bits per heavy atom. The average Bonchev–Trinajstić information content (AvgIpc) is 2.67. The summed E-state index contributed by atoms with van der Waals surface area (Å²) in [5, 5.41) is 3.43. The highest BCUT2D eigenvalue weighted by molar-refractivity contribution is 5.06. The minimum absolute atomic E-state index is 0.291. The van der Waals surface area contributed by atoms with E-state index < -0.39 is 0 Å². The predicted octanol–water partition coefficient (Wildman–Crippen LogP) is 2.41. The third-order valence-electron chi connectivity index (χ3n) is 2.58. The number of aryl methyl sites for hydroxylation is 1. The van der Waals surface area contributed by atoms with Gasteiger partial charge in [-0.2, -0.15) is 0 Å². The van der Waals surface area contributed by atoms with Crippen LogP contribution in [0.25, 0.3) is 0 Å². The van der Waals surface area contributed by atoms with Crippen LogP contribution >= 0.6 is 0 Å². The molecule has 0 spiro atoms. The zero-order valence-electron chi connectivity index (χ0n) is 10.7. The normalized spacial score (nSPS) is 12.9. The Kier molecular flexibility index (Phi) is 6.19. The second-order valence-corrected chi connectivity index (χ2v) is 4.09. The fourth-order valence-corrected chi connectivity index (χ4v) is 1.82. The summed E-state index contributed by atoms with van der Waals surface area (Å²) in [4.78, 5) is 0. The van der Waals surface area contributed by atoms with Gasteiger partial charge in [-0.05, 0) is 32.4 Å². The zero-order valence-corrected chi connectivity index (χ0v) is 10.7. The highest BCUT2D eigenvalue weighted by Gasteiger charge is 2.02. The first kappa shape index (κ1) is 13.3. The Labute approximate surface area is 98.8 Å². The van der Waals surface area contributed by atoms with Crippen molar-refractivity contribution in [2.75, 3.05) is 13.2 Å². The lowest BCUT2D eigenvalue weighted by Crippen LogP contribution is -2.27. The lowest BCUT2D eigenvalue weighted by molar-refractivity contribution is 0.0758. The Bertz CT molecular complexity index is 283. The molecule has 3 nitrogen and oxygen atoms in total. The summed E-state index contributed by atoms with van der Waals surface area (Å²) in [6.07, 6.45) is 3.61. The van der Waals surface area contributed by atoms with Gasteiger partial charge in [-0.25, -0.2) is 0 Å². The van der Waals surface area contributed by atoms with Crippen molar-refractivity contribution >= 4 is 0 Å². The molecule has 1 rings (SSSR count). The van der Waals surface area contributed by atoms with Crippen LogP contribution in [0.2, 0.25) is 0 Å². The molecule has 92 valence electrons. The van der Waals surface area contributed by atoms with Crippen molar-refractivity contribution in [1.82, 2.24) is 9.88 Å². The lowest BCUT2D eigenvalue weighted by atomic mass is 10.3. The van der Waals surface area contributed by atoms with Crippen LogP contribution in [0, 0.1) is 0 Å². The number of hydrogen-bond acceptors (Lipinski definition) is 2. The molecule has 0 aliphatic heterocycles. The van der Waals surface area contributed by atoms with Crippen LogP contribution in [0.3, 0.4) is 0 Å². The summed E-state index contributed by atoms with van der Waals surface area (Å²) in [6, 6.07) is 4.28. The van der Waals surface area contributed by atoms with Gasteiger partial charge in [0.05, 0.1) is 6.10 Å². The van der Waals surface area contributed by atoms with Crippen molar-refractivity contribution in [2.45, 2.75) is 46.4 Å². The van der Waals surface area contributed by atoms with Gasteiger partial charge in [-0.1, -0.05) is 6.92 Å². The van der Waals surface area contributed by atoms with Gasteiger partial charge in [0.25, 0.3) is 0 Å². The molecule has 16 heavy (non-hydrogen) atoms. The van der Waals surface area contributed by atoms with Crippen molar-refractivity contribution in [1.29, 1.82) is 0 Å². The SMILES string of the molecule is CCCn1cccc1CNCC(C)OCC. The van der Waals surface area contributed by atoms with Gasteiger partial charge in [0.15, 0.2) is 0 Å².